The molecule has 31 heavy (non-hydrogen) atoms. The number of aromatic nitrogens is 2. The summed E-state index contributed by atoms with van der Waals surface area (Å²) >= 11 is 6.06. The lowest BCUT2D eigenvalue weighted by atomic mass is 9.96. The molecule has 7 heteroatoms. The van der Waals surface area contributed by atoms with E-state index in [1.54, 1.807) is 7.11 Å². The first-order valence-corrected chi connectivity index (χ1v) is 10.9. The lowest BCUT2D eigenvalue weighted by molar-refractivity contribution is 0.0677. The normalized spacial score (nSPS) is 15.4. The molecule has 6 nitrogen and oxygen atoms in total. The number of nitrogens with one attached hydrogen (secondary N) is 1. The number of rotatable bonds is 9. The Hall–Kier alpha value is -2.83. The molecular weight excluding hydrogens is 414 g/mol. The van der Waals surface area contributed by atoms with E-state index in [4.69, 9.17) is 21.1 Å². The van der Waals surface area contributed by atoms with Crippen LogP contribution in [-0.2, 0) is 4.74 Å². The van der Waals surface area contributed by atoms with Crippen molar-refractivity contribution in [2.45, 2.75) is 25.8 Å². The highest BCUT2D eigenvalue weighted by Gasteiger charge is 2.41. The van der Waals surface area contributed by atoms with Gasteiger partial charge in [0.1, 0.15) is 11.4 Å². The topological polar surface area (TPSA) is 67.5 Å². The summed E-state index contributed by atoms with van der Waals surface area (Å²) in [6, 6.07) is 15.2. The molecule has 4 rings (SSSR count). The number of methoxy groups -OCH3 is 1. The van der Waals surface area contributed by atoms with Crippen LogP contribution in [0.2, 0.25) is 5.02 Å². The summed E-state index contributed by atoms with van der Waals surface area (Å²) in [4.78, 5) is 15.0. The summed E-state index contributed by atoms with van der Waals surface area (Å²) in [6.07, 6.45) is 2.11. The molecule has 0 spiro atoms. The Bertz CT molecular complexity index is 1030. The molecule has 0 fully saturated rings. The molecule has 1 aliphatic heterocycles. The molecule has 0 radical (unpaired) electrons. The average Bonchev–Trinajstić information content (AvgIpc) is 3.33. The molecule has 0 saturated heterocycles. The molecule has 1 N–H and O–H groups in total. The first-order chi connectivity index (χ1) is 15.1. The van der Waals surface area contributed by atoms with E-state index in [1.165, 1.54) is 0 Å². The number of carbonyl (C=O) groups is 1. The number of hydrogen-bond acceptors (Lipinski definition) is 4. The van der Waals surface area contributed by atoms with E-state index in [0.29, 0.717) is 30.5 Å². The molecule has 162 valence electrons. The van der Waals surface area contributed by atoms with Crippen molar-refractivity contribution in [3.8, 4) is 17.0 Å². The van der Waals surface area contributed by atoms with Crippen molar-refractivity contribution < 1.29 is 14.3 Å². The Kier molecular flexibility index (Phi) is 6.59. The second kappa shape index (κ2) is 9.54. The lowest BCUT2D eigenvalue weighted by Gasteiger charge is -2.26. The van der Waals surface area contributed by atoms with Gasteiger partial charge in [0.15, 0.2) is 0 Å². The van der Waals surface area contributed by atoms with Gasteiger partial charge in [-0.1, -0.05) is 49.2 Å². The molecule has 1 unspecified atom stereocenters. The maximum atomic E-state index is 13.2. The summed E-state index contributed by atoms with van der Waals surface area (Å²) in [6.45, 7) is 3.77. The van der Waals surface area contributed by atoms with Crippen LogP contribution in [0.5, 0.6) is 5.75 Å². The third kappa shape index (κ3) is 4.31. The second-order valence-electron chi connectivity index (χ2n) is 7.53. The zero-order valence-electron chi connectivity index (χ0n) is 17.7. The van der Waals surface area contributed by atoms with Gasteiger partial charge in [0.05, 0.1) is 24.9 Å². The summed E-state index contributed by atoms with van der Waals surface area (Å²) in [7, 11) is 1.64. The smallest absolute Gasteiger partial charge is 0.273 e. The fourth-order valence-electron chi connectivity index (χ4n) is 3.87. The third-order valence-electron chi connectivity index (χ3n) is 5.48. The van der Waals surface area contributed by atoms with Crippen molar-refractivity contribution in [1.29, 1.82) is 0 Å². The van der Waals surface area contributed by atoms with Crippen molar-refractivity contribution in [3.63, 3.8) is 0 Å². The van der Waals surface area contributed by atoms with Crippen LogP contribution in [-0.4, -0.2) is 47.9 Å². The van der Waals surface area contributed by atoms with Crippen LogP contribution in [0.1, 0.15) is 47.4 Å². The van der Waals surface area contributed by atoms with E-state index < -0.39 is 0 Å². The van der Waals surface area contributed by atoms with Crippen LogP contribution < -0.4 is 4.74 Å². The molecule has 0 bridgehead atoms. The van der Waals surface area contributed by atoms with Gasteiger partial charge in [-0.05, 0) is 36.2 Å². The van der Waals surface area contributed by atoms with Crippen LogP contribution in [0.15, 0.2) is 48.5 Å². The van der Waals surface area contributed by atoms with Crippen molar-refractivity contribution in [2.24, 2.45) is 0 Å². The Morgan fingerprint density at radius 2 is 1.84 bits per heavy atom. The van der Waals surface area contributed by atoms with Gasteiger partial charge in [0.25, 0.3) is 5.91 Å². The van der Waals surface area contributed by atoms with E-state index >= 15 is 0 Å². The highest BCUT2D eigenvalue weighted by Crippen LogP contribution is 2.43. The zero-order valence-corrected chi connectivity index (χ0v) is 18.5. The summed E-state index contributed by atoms with van der Waals surface area (Å²) in [5.74, 6) is 0.753. The Morgan fingerprint density at radius 3 is 2.52 bits per heavy atom. The number of halogens is 1. The fraction of sp³-hybridized carbons (Fsp3) is 0.333. The van der Waals surface area contributed by atoms with Crippen molar-refractivity contribution in [2.75, 3.05) is 26.9 Å². The Labute approximate surface area is 187 Å². The first kappa shape index (κ1) is 21.4. The molecule has 1 aromatic heterocycles. The highest BCUT2D eigenvalue weighted by atomic mass is 35.5. The molecule has 0 saturated carbocycles. The van der Waals surface area contributed by atoms with Gasteiger partial charge in [-0.15, -0.1) is 0 Å². The first-order valence-electron chi connectivity index (χ1n) is 10.5. The number of benzene rings is 2. The van der Waals surface area contributed by atoms with Crippen molar-refractivity contribution in [3.05, 3.63) is 70.4 Å². The van der Waals surface area contributed by atoms with Gasteiger partial charge < -0.3 is 14.4 Å². The zero-order chi connectivity index (χ0) is 21.8. The highest BCUT2D eigenvalue weighted by molar-refractivity contribution is 6.30. The number of unbranched alkanes of at least 4 members (excludes halogenated alkanes) is 1. The van der Waals surface area contributed by atoms with Gasteiger partial charge in [0.2, 0.25) is 0 Å². The summed E-state index contributed by atoms with van der Waals surface area (Å²) < 4.78 is 11.1. The molecule has 0 aliphatic carbocycles. The van der Waals surface area contributed by atoms with E-state index in [2.05, 4.69) is 17.1 Å². The van der Waals surface area contributed by atoms with Crippen LogP contribution in [0, 0.1) is 0 Å². The van der Waals surface area contributed by atoms with E-state index in [0.717, 1.165) is 41.0 Å². The van der Waals surface area contributed by atoms with E-state index in [-0.39, 0.29) is 11.9 Å². The molecule has 1 aliphatic rings. The Morgan fingerprint density at radius 1 is 1.10 bits per heavy atom. The number of ether oxygens (including phenoxy) is 2. The van der Waals surface area contributed by atoms with Gasteiger partial charge in [0, 0.05) is 29.8 Å². The van der Waals surface area contributed by atoms with Gasteiger partial charge in [-0.2, -0.15) is 5.10 Å². The molecule has 1 atom stereocenters. The van der Waals surface area contributed by atoms with Crippen LogP contribution in [0.4, 0.5) is 0 Å². The SMILES string of the molecule is CCCCOc1ccc(C2c3c(-c4ccc(Cl)cc4)n[nH]c3C(=O)N2CCOC)cc1. The predicted molar refractivity (Wildman–Crippen MR) is 121 cm³/mol. The maximum absolute atomic E-state index is 13.2. The number of aromatic amines is 1. The minimum atomic E-state index is -0.258. The minimum absolute atomic E-state index is 0.0759. The van der Waals surface area contributed by atoms with Crippen LogP contribution in [0.3, 0.4) is 0 Å². The van der Waals surface area contributed by atoms with E-state index in [9.17, 15) is 4.79 Å². The molecule has 1 amide bonds. The number of amides is 1. The predicted octanol–water partition coefficient (Wildman–Crippen LogP) is 5.10. The molecule has 2 aromatic carbocycles. The van der Waals surface area contributed by atoms with Crippen molar-refractivity contribution >= 4 is 17.5 Å². The standard InChI is InChI=1S/C24H26ClN3O3/c1-3-4-14-31-19-11-7-17(8-12-19)23-20-21(16-5-9-18(25)10-6-16)26-27-22(20)24(29)28(23)13-15-30-2/h5-12,23H,3-4,13-15H2,1-2H3,(H,26,27). The third-order valence-corrected chi connectivity index (χ3v) is 5.73. The van der Waals surface area contributed by atoms with Gasteiger partial charge in [-0.25, -0.2) is 0 Å². The molecular formula is C24H26ClN3O3. The van der Waals surface area contributed by atoms with Gasteiger partial charge in [-0.3, -0.25) is 9.89 Å². The average molecular weight is 440 g/mol. The molecule has 2 heterocycles. The second-order valence-corrected chi connectivity index (χ2v) is 7.97. The summed E-state index contributed by atoms with van der Waals surface area (Å²) in [5, 5.41) is 8.09. The lowest BCUT2D eigenvalue weighted by Crippen LogP contribution is -2.32. The molecule has 3 aromatic rings. The number of fused-ring (bicyclic) bond motifs is 1. The quantitative estimate of drug-likeness (QED) is 0.471. The largest absolute Gasteiger partial charge is 0.494 e. The number of H-pyrrole nitrogens is 1. The minimum Gasteiger partial charge on any atom is -0.494 e. The van der Waals surface area contributed by atoms with E-state index in [1.807, 2.05) is 53.4 Å². The monoisotopic (exact) mass is 439 g/mol. The van der Waals surface area contributed by atoms with Crippen LogP contribution >= 0.6 is 11.6 Å². The van der Waals surface area contributed by atoms with Crippen molar-refractivity contribution in [1.82, 2.24) is 15.1 Å². The van der Waals surface area contributed by atoms with Gasteiger partial charge >= 0.3 is 0 Å². The maximum Gasteiger partial charge on any atom is 0.273 e. The summed E-state index contributed by atoms with van der Waals surface area (Å²) in [5.41, 5.74) is 4.07. The Balaban J connectivity index is 1.72. The number of hydrogen-bond donors (Lipinski definition) is 1. The fourth-order valence-corrected chi connectivity index (χ4v) is 4.00. The number of nitrogens with zero attached hydrogens (tertiary/aromatic N) is 2. The number of carbonyl (C=O) groups excluding carboxylic acids is 1. The van der Waals surface area contributed by atoms with Crippen LogP contribution in [0.25, 0.3) is 11.3 Å².